The summed E-state index contributed by atoms with van der Waals surface area (Å²) in [7, 11) is 1.33. The van der Waals surface area contributed by atoms with E-state index in [4.69, 9.17) is 4.74 Å². The van der Waals surface area contributed by atoms with Crippen molar-refractivity contribution in [2.45, 2.75) is 13.3 Å². The van der Waals surface area contributed by atoms with Crippen molar-refractivity contribution in [2.75, 3.05) is 26.7 Å². The summed E-state index contributed by atoms with van der Waals surface area (Å²) in [5.74, 6) is -0.205. The number of amides is 1. The highest BCUT2D eigenvalue weighted by molar-refractivity contribution is 5.95. The molecule has 0 unspecified atom stereocenters. The van der Waals surface area contributed by atoms with Crippen LogP contribution in [0.3, 0.4) is 0 Å². The maximum Gasteiger partial charge on any atom is 0.310 e. The SMILES string of the molecule is CCCNCCNC(=O)c1ccc([N+](=O)[O-])c(OC)c1. The number of carbonyl (C=O) groups is 1. The summed E-state index contributed by atoms with van der Waals surface area (Å²) in [6.45, 7) is 4.15. The Labute approximate surface area is 117 Å². The van der Waals surface area contributed by atoms with Gasteiger partial charge < -0.3 is 15.4 Å². The lowest BCUT2D eigenvalue weighted by Crippen LogP contribution is -2.32. The summed E-state index contributed by atoms with van der Waals surface area (Å²) < 4.78 is 4.92. The Hall–Kier alpha value is -2.15. The van der Waals surface area contributed by atoms with Crippen LogP contribution in [-0.4, -0.2) is 37.6 Å². The van der Waals surface area contributed by atoms with Gasteiger partial charge in [0.05, 0.1) is 12.0 Å². The van der Waals surface area contributed by atoms with E-state index in [0.717, 1.165) is 13.0 Å². The van der Waals surface area contributed by atoms with Crippen molar-refractivity contribution in [1.82, 2.24) is 10.6 Å². The molecular weight excluding hydrogens is 262 g/mol. The Balaban J connectivity index is 2.62. The summed E-state index contributed by atoms with van der Waals surface area (Å²) in [6, 6.07) is 4.05. The smallest absolute Gasteiger partial charge is 0.310 e. The highest BCUT2D eigenvalue weighted by atomic mass is 16.6. The third-order valence-corrected chi connectivity index (χ3v) is 2.65. The number of nitro groups is 1. The van der Waals surface area contributed by atoms with Gasteiger partial charge in [0, 0.05) is 30.8 Å². The maximum absolute atomic E-state index is 11.9. The Morgan fingerprint density at radius 1 is 1.35 bits per heavy atom. The van der Waals surface area contributed by atoms with Gasteiger partial charge in [0.15, 0.2) is 5.75 Å². The molecule has 0 radical (unpaired) electrons. The van der Waals surface area contributed by atoms with Crippen LogP contribution in [0.15, 0.2) is 18.2 Å². The standard InChI is InChI=1S/C13H19N3O4/c1-3-6-14-7-8-15-13(17)10-4-5-11(16(18)19)12(9-10)20-2/h4-5,9,14H,3,6-8H2,1-2H3,(H,15,17). The minimum absolute atomic E-state index is 0.0757. The summed E-state index contributed by atoms with van der Waals surface area (Å²) in [4.78, 5) is 22.1. The van der Waals surface area contributed by atoms with Crippen LogP contribution in [0.25, 0.3) is 0 Å². The predicted molar refractivity (Wildman–Crippen MR) is 75.1 cm³/mol. The van der Waals surface area contributed by atoms with Crippen molar-refractivity contribution in [3.63, 3.8) is 0 Å². The lowest BCUT2D eigenvalue weighted by atomic mass is 10.1. The van der Waals surface area contributed by atoms with Crippen molar-refractivity contribution >= 4 is 11.6 Å². The molecule has 0 saturated heterocycles. The van der Waals surface area contributed by atoms with Crippen molar-refractivity contribution in [3.05, 3.63) is 33.9 Å². The molecule has 20 heavy (non-hydrogen) atoms. The zero-order chi connectivity index (χ0) is 15.0. The molecule has 1 aromatic rings. The lowest BCUT2D eigenvalue weighted by Gasteiger charge is -2.07. The fourth-order valence-corrected chi connectivity index (χ4v) is 1.64. The van der Waals surface area contributed by atoms with Crippen LogP contribution >= 0.6 is 0 Å². The number of ether oxygens (including phenoxy) is 1. The zero-order valence-electron chi connectivity index (χ0n) is 11.6. The minimum Gasteiger partial charge on any atom is -0.490 e. The number of nitrogens with one attached hydrogen (secondary N) is 2. The van der Waals surface area contributed by atoms with E-state index >= 15 is 0 Å². The first kappa shape index (κ1) is 15.9. The third-order valence-electron chi connectivity index (χ3n) is 2.65. The average Bonchev–Trinajstić information content (AvgIpc) is 2.45. The van der Waals surface area contributed by atoms with Gasteiger partial charge in [-0.25, -0.2) is 0 Å². The van der Waals surface area contributed by atoms with Gasteiger partial charge in [-0.3, -0.25) is 14.9 Å². The van der Waals surface area contributed by atoms with Crippen LogP contribution in [0, 0.1) is 10.1 Å². The van der Waals surface area contributed by atoms with Crippen LogP contribution in [-0.2, 0) is 0 Å². The fourth-order valence-electron chi connectivity index (χ4n) is 1.64. The Morgan fingerprint density at radius 2 is 2.10 bits per heavy atom. The molecule has 0 bridgehead atoms. The fraction of sp³-hybridized carbons (Fsp3) is 0.462. The third kappa shape index (κ3) is 4.51. The zero-order valence-corrected chi connectivity index (χ0v) is 11.6. The minimum atomic E-state index is -0.546. The molecule has 0 aliphatic carbocycles. The number of methoxy groups -OCH3 is 1. The molecule has 2 N–H and O–H groups in total. The predicted octanol–water partition coefficient (Wildman–Crippen LogP) is 1.33. The van der Waals surface area contributed by atoms with Crippen molar-refractivity contribution in [2.24, 2.45) is 0 Å². The molecule has 0 heterocycles. The summed E-state index contributed by atoms with van der Waals surface area (Å²) >= 11 is 0. The van der Waals surface area contributed by atoms with Gasteiger partial charge in [0.25, 0.3) is 5.91 Å². The van der Waals surface area contributed by atoms with E-state index in [0.29, 0.717) is 18.7 Å². The number of benzene rings is 1. The number of hydrogen-bond acceptors (Lipinski definition) is 5. The molecule has 7 nitrogen and oxygen atoms in total. The molecule has 0 fully saturated rings. The van der Waals surface area contributed by atoms with Gasteiger partial charge in [0.1, 0.15) is 0 Å². The van der Waals surface area contributed by atoms with Crippen molar-refractivity contribution < 1.29 is 14.5 Å². The number of carbonyl (C=O) groups excluding carboxylic acids is 1. The van der Waals surface area contributed by atoms with E-state index in [9.17, 15) is 14.9 Å². The summed E-state index contributed by atoms with van der Waals surface area (Å²) in [6.07, 6.45) is 1.04. The molecule has 0 aromatic heterocycles. The number of nitro benzene ring substituents is 1. The molecule has 1 rings (SSSR count). The van der Waals surface area contributed by atoms with Crippen LogP contribution in [0.5, 0.6) is 5.75 Å². The molecule has 0 aliphatic rings. The molecule has 0 spiro atoms. The Kier molecular flexibility index (Phi) is 6.45. The lowest BCUT2D eigenvalue weighted by molar-refractivity contribution is -0.385. The molecule has 110 valence electrons. The van der Waals surface area contributed by atoms with Gasteiger partial charge in [-0.15, -0.1) is 0 Å². The quantitative estimate of drug-likeness (QED) is 0.426. The number of nitrogens with zero attached hydrogens (tertiary/aromatic N) is 1. The second-order valence-electron chi connectivity index (χ2n) is 4.15. The molecule has 0 aliphatic heterocycles. The van der Waals surface area contributed by atoms with E-state index in [1.807, 2.05) is 0 Å². The number of rotatable bonds is 8. The van der Waals surface area contributed by atoms with Gasteiger partial charge in [0.2, 0.25) is 0 Å². The van der Waals surface area contributed by atoms with Crippen LogP contribution in [0.1, 0.15) is 23.7 Å². The van der Waals surface area contributed by atoms with Gasteiger partial charge in [-0.2, -0.15) is 0 Å². The van der Waals surface area contributed by atoms with E-state index in [-0.39, 0.29) is 17.3 Å². The Bertz CT molecular complexity index is 477. The van der Waals surface area contributed by atoms with E-state index in [1.165, 1.54) is 25.3 Å². The molecule has 0 saturated carbocycles. The first-order chi connectivity index (χ1) is 9.60. The summed E-state index contributed by atoms with van der Waals surface area (Å²) in [5.41, 5.74) is 0.177. The van der Waals surface area contributed by atoms with Crippen LogP contribution < -0.4 is 15.4 Å². The first-order valence-electron chi connectivity index (χ1n) is 6.41. The second kappa shape index (κ2) is 8.11. The van der Waals surface area contributed by atoms with Gasteiger partial charge >= 0.3 is 5.69 Å². The molecule has 1 amide bonds. The van der Waals surface area contributed by atoms with E-state index in [2.05, 4.69) is 17.6 Å². The highest BCUT2D eigenvalue weighted by Gasteiger charge is 2.17. The summed E-state index contributed by atoms with van der Waals surface area (Å²) in [5, 5.41) is 16.6. The average molecular weight is 281 g/mol. The van der Waals surface area contributed by atoms with Crippen molar-refractivity contribution in [3.8, 4) is 5.75 Å². The molecule has 7 heteroatoms. The van der Waals surface area contributed by atoms with Crippen molar-refractivity contribution in [1.29, 1.82) is 0 Å². The molecule has 1 aromatic carbocycles. The Morgan fingerprint density at radius 3 is 2.70 bits per heavy atom. The second-order valence-corrected chi connectivity index (χ2v) is 4.15. The van der Waals surface area contributed by atoms with Crippen LogP contribution in [0.2, 0.25) is 0 Å². The van der Waals surface area contributed by atoms with Gasteiger partial charge in [-0.1, -0.05) is 6.92 Å². The van der Waals surface area contributed by atoms with Gasteiger partial charge in [-0.05, 0) is 19.0 Å². The monoisotopic (exact) mass is 281 g/mol. The first-order valence-corrected chi connectivity index (χ1v) is 6.41. The molecular formula is C13H19N3O4. The largest absolute Gasteiger partial charge is 0.490 e. The topological polar surface area (TPSA) is 93.5 Å². The van der Waals surface area contributed by atoms with E-state index < -0.39 is 4.92 Å². The maximum atomic E-state index is 11.9. The van der Waals surface area contributed by atoms with E-state index in [1.54, 1.807) is 0 Å². The number of hydrogen-bond donors (Lipinski definition) is 2. The van der Waals surface area contributed by atoms with Crippen LogP contribution in [0.4, 0.5) is 5.69 Å². The molecule has 0 atom stereocenters. The highest BCUT2D eigenvalue weighted by Crippen LogP contribution is 2.27. The normalized spacial score (nSPS) is 10.1.